The van der Waals surface area contributed by atoms with E-state index in [0.29, 0.717) is 23.8 Å². The van der Waals surface area contributed by atoms with Gasteiger partial charge in [-0.25, -0.2) is 4.98 Å². The molecule has 2 aromatic heterocycles. The number of benzene rings is 1. The number of rotatable bonds is 3. The molecule has 3 aromatic rings. The molecule has 5 nitrogen and oxygen atoms in total. The van der Waals surface area contributed by atoms with Gasteiger partial charge in [0.1, 0.15) is 11.8 Å². The van der Waals surface area contributed by atoms with E-state index < -0.39 is 6.10 Å². The second-order valence-corrected chi connectivity index (χ2v) is 4.27. The number of nitrogens with zero attached hydrogens (tertiary/aromatic N) is 3. The quantitative estimate of drug-likeness (QED) is 0.779. The van der Waals surface area contributed by atoms with Crippen molar-refractivity contribution >= 4 is 10.9 Å². The van der Waals surface area contributed by atoms with E-state index in [1.54, 1.807) is 0 Å². The lowest BCUT2D eigenvalue weighted by molar-refractivity contribution is 0.159. The van der Waals surface area contributed by atoms with Gasteiger partial charge in [0.15, 0.2) is 0 Å². The molecule has 1 atom stereocenters. The van der Waals surface area contributed by atoms with Crippen LogP contribution >= 0.6 is 0 Å². The first-order chi connectivity index (χ1) is 9.28. The number of aromatic nitrogens is 3. The summed E-state index contributed by atoms with van der Waals surface area (Å²) >= 11 is 0. The summed E-state index contributed by atoms with van der Waals surface area (Å²) in [5.74, 6) is 0.626. The number of hydrogen-bond acceptors (Lipinski definition) is 5. The van der Waals surface area contributed by atoms with E-state index in [9.17, 15) is 5.11 Å². The van der Waals surface area contributed by atoms with Crippen LogP contribution in [0.5, 0.6) is 0 Å². The molecule has 3 rings (SSSR count). The Bertz CT molecular complexity index is 708. The van der Waals surface area contributed by atoms with E-state index in [0.717, 1.165) is 10.9 Å². The molecule has 0 amide bonds. The molecule has 0 saturated carbocycles. The van der Waals surface area contributed by atoms with Gasteiger partial charge >= 0.3 is 0 Å². The first kappa shape index (κ1) is 11.8. The minimum atomic E-state index is -0.696. The third-order valence-electron chi connectivity index (χ3n) is 2.94. The van der Waals surface area contributed by atoms with Gasteiger partial charge < -0.3 is 9.63 Å². The van der Waals surface area contributed by atoms with Crippen molar-refractivity contribution in [1.29, 1.82) is 0 Å². The summed E-state index contributed by atoms with van der Waals surface area (Å²) in [6.07, 6.45) is -0.151. The van der Waals surface area contributed by atoms with E-state index >= 15 is 0 Å². The van der Waals surface area contributed by atoms with Crippen LogP contribution in [0, 0.1) is 0 Å². The van der Waals surface area contributed by atoms with Crippen LogP contribution in [0.4, 0.5) is 0 Å². The highest BCUT2D eigenvalue weighted by Crippen LogP contribution is 2.21. The molecule has 0 radical (unpaired) electrons. The molecule has 1 aromatic carbocycles. The standard InChI is InChI=1S/C14H13N3O2/c1-2-12(18)13-16-14(19-17-13)11-8-7-9-5-3-4-6-10(9)15-11/h3-8,12,18H,2H2,1H3. The van der Waals surface area contributed by atoms with Gasteiger partial charge in [0.2, 0.25) is 5.82 Å². The highest BCUT2D eigenvalue weighted by molar-refractivity contribution is 5.80. The van der Waals surface area contributed by atoms with Gasteiger partial charge in [-0.1, -0.05) is 36.3 Å². The molecule has 0 aliphatic carbocycles. The smallest absolute Gasteiger partial charge is 0.276 e. The molecule has 19 heavy (non-hydrogen) atoms. The first-order valence-corrected chi connectivity index (χ1v) is 6.15. The first-order valence-electron chi connectivity index (χ1n) is 6.15. The Hall–Kier alpha value is -2.27. The topological polar surface area (TPSA) is 72.0 Å². The van der Waals surface area contributed by atoms with Crippen molar-refractivity contribution in [1.82, 2.24) is 15.1 Å². The molecule has 0 aliphatic heterocycles. The van der Waals surface area contributed by atoms with Crippen molar-refractivity contribution in [3.8, 4) is 11.6 Å². The third kappa shape index (κ3) is 2.20. The molecular weight excluding hydrogens is 242 g/mol. The van der Waals surface area contributed by atoms with Gasteiger partial charge in [0, 0.05) is 5.39 Å². The van der Waals surface area contributed by atoms with E-state index in [1.165, 1.54) is 0 Å². The van der Waals surface area contributed by atoms with Crippen molar-refractivity contribution in [2.45, 2.75) is 19.4 Å². The van der Waals surface area contributed by atoms with E-state index in [4.69, 9.17) is 4.52 Å². The van der Waals surface area contributed by atoms with Gasteiger partial charge in [-0.2, -0.15) is 4.98 Å². The second-order valence-electron chi connectivity index (χ2n) is 4.27. The van der Waals surface area contributed by atoms with Crippen molar-refractivity contribution in [2.24, 2.45) is 0 Å². The van der Waals surface area contributed by atoms with Crippen molar-refractivity contribution in [2.75, 3.05) is 0 Å². The minimum Gasteiger partial charge on any atom is -0.385 e. The van der Waals surface area contributed by atoms with E-state index in [2.05, 4.69) is 15.1 Å². The normalized spacial score (nSPS) is 12.7. The SMILES string of the molecule is CCC(O)c1noc(-c2ccc3ccccc3n2)n1. The Morgan fingerprint density at radius 2 is 2.00 bits per heavy atom. The van der Waals surface area contributed by atoms with Gasteiger partial charge in [-0.3, -0.25) is 0 Å². The molecule has 1 unspecified atom stereocenters. The van der Waals surface area contributed by atoms with Gasteiger partial charge in [-0.05, 0) is 18.6 Å². The fourth-order valence-corrected chi connectivity index (χ4v) is 1.84. The predicted molar refractivity (Wildman–Crippen MR) is 70.3 cm³/mol. The highest BCUT2D eigenvalue weighted by Gasteiger charge is 2.15. The summed E-state index contributed by atoms with van der Waals surface area (Å²) in [7, 11) is 0. The van der Waals surface area contributed by atoms with Crippen LogP contribution in [0.1, 0.15) is 25.3 Å². The molecule has 0 aliphatic rings. The summed E-state index contributed by atoms with van der Waals surface area (Å²) in [4.78, 5) is 8.63. The zero-order valence-electron chi connectivity index (χ0n) is 10.4. The maximum absolute atomic E-state index is 9.66. The fourth-order valence-electron chi connectivity index (χ4n) is 1.84. The Morgan fingerprint density at radius 1 is 1.16 bits per heavy atom. The Balaban J connectivity index is 2.01. The number of aliphatic hydroxyl groups excluding tert-OH is 1. The zero-order valence-corrected chi connectivity index (χ0v) is 10.4. The highest BCUT2D eigenvalue weighted by atomic mass is 16.5. The second kappa shape index (κ2) is 4.78. The summed E-state index contributed by atoms with van der Waals surface area (Å²) in [5.41, 5.74) is 1.48. The molecule has 0 fully saturated rings. The van der Waals surface area contributed by atoms with Gasteiger partial charge in [0.05, 0.1) is 5.52 Å². The fraction of sp³-hybridized carbons (Fsp3) is 0.214. The van der Waals surface area contributed by atoms with E-state index in [1.807, 2.05) is 43.3 Å². The van der Waals surface area contributed by atoms with Crippen molar-refractivity contribution in [3.05, 3.63) is 42.2 Å². The molecule has 96 valence electrons. The summed E-state index contributed by atoms with van der Waals surface area (Å²) in [6.45, 7) is 1.86. The monoisotopic (exact) mass is 255 g/mol. The van der Waals surface area contributed by atoms with Crippen LogP contribution in [-0.2, 0) is 0 Å². The van der Waals surface area contributed by atoms with Gasteiger partial charge in [-0.15, -0.1) is 0 Å². The molecule has 5 heteroatoms. The number of para-hydroxylation sites is 1. The number of aliphatic hydroxyl groups is 1. The molecule has 1 N–H and O–H groups in total. The Labute approximate surface area is 109 Å². The molecular formula is C14H13N3O2. The Morgan fingerprint density at radius 3 is 2.84 bits per heavy atom. The molecule has 2 heterocycles. The van der Waals surface area contributed by atoms with E-state index in [-0.39, 0.29) is 0 Å². The van der Waals surface area contributed by atoms with Crippen LogP contribution in [-0.4, -0.2) is 20.2 Å². The maximum Gasteiger partial charge on any atom is 0.276 e. The van der Waals surface area contributed by atoms with Crippen LogP contribution in [0.15, 0.2) is 40.9 Å². The maximum atomic E-state index is 9.66. The number of fused-ring (bicyclic) bond motifs is 1. The summed E-state index contributed by atoms with van der Waals surface area (Å²) in [5, 5.41) is 14.5. The lowest BCUT2D eigenvalue weighted by Crippen LogP contribution is -1.97. The molecule has 0 saturated heterocycles. The van der Waals surface area contributed by atoms with Crippen LogP contribution in [0.3, 0.4) is 0 Å². The largest absolute Gasteiger partial charge is 0.385 e. The molecule has 0 spiro atoms. The van der Waals surface area contributed by atoms with Crippen LogP contribution in [0.25, 0.3) is 22.5 Å². The van der Waals surface area contributed by atoms with Crippen molar-refractivity contribution in [3.63, 3.8) is 0 Å². The van der Waals surface area contributed by atoms with Gasteiger partial charge in [0.25, 0.3) is 5.89 Å². The summed E-state index contributed by atoms with van der Waals surface area (Å²) < 4.78 is 5.14. The number of pyridine rings is 1. The average molecular weight is 255 g/mol. The Kier molecular flexibility index (Phi) is 2.97. The van der Waals surface area contributed by atoms with Crippen molar-refractivity contribution < 1.29 is 9.63 Å². The lowest BCUT2D eigenvalue weighted by atomic mass is 10.2. The summed E-state index contributed by atoms with van der Waals surface area (Å²) in [6, 6.07) is 11.6. The number of hydrogen-bond donors (Lipinski definition) is 1. The van der Waals surface area contributed by atoms with Crippen LogP contribution in [0.2, 0.25) is 0 Å². The third-order valence-corrected chi connectivity index (χ3v) is 2.94. The predicted octanol–water partition coefficient (Wildman–Crippen LogP) is 2.73. The van der Waals surface area contributed by atoms with Crippen LogP contribution < -0.4 is 0 Å². The zero-order chi connectivity index (χ0) is 13.2. The lowest BCUT2D eigenvalue weighted by Gasteiger charge is -1.99. The minimum absolute atomic E-state index is 0.299. The molecule has 0 bridgehead atoms. The average Bonchev–Trinajstić information content (AvgIpc) is 2.95.